The summed E-state index contributed by atoms with van der Waals surface area (Å²) in [7, 11) is 1.65. The summed E-state index contributed by atoms with van der Waals surface area (Å²) >= 11 is 15.8. The molecular weight excluding hydrogens is 373 g/mol. The van der Waals surface area contributed by atoms with Crippen LogP contribution in [-0.2, 0) is 0 Å². The van der Waals surface area contributed by atoms with E-state index in [1.807, 2.05) is 36.4 Å². The minimum atomic E-state index is -0.0429. The number of hydrogen-bond donors (Lipinski definition) is 1. The molecule has 2 aromatic rings. The van der Waals surface area contributed by atoms with Crippen LogP contribution in [0.3, 0.4) is 0 Å². The molecule has 0 fully saturated rings. The maximum Gasteiger partial charge on any atom is 0.138 e. The summed E-state index contributed by atoms with van der Waals surface area (Å²) in [5.41, 5.74) is 2.04. The second-order valence-electron chi connectivity index (χ2n) is 4.56. The van der Waals surface area contributed by atoms with Crippen LogP contribution in [0.1, 0.15) is 24.1 Å². The Morgan fingerprint density at radius 2 is 1.95 bits per heavy atom. The van der Waals surface area contributed by atoms with E-state index in [4.69, 9.17) is 27.9 Å². The van der Waals surface area contributed by atoms with E-state index < -0.39 is 0 Å². The topological polar surface area (TPSA) is 21.3 Å². The Bertz CT molecular complexity index is 634. The summed E-state index contributed by atoms with van der Waals surface area (Å²) in [6, 6.07) is 11.5. The lowest BCUT2D eigenvalue weighted by Gasteiger charge is -2.22. The van der Waals surface area contributed by atoms with Gasteiger partial charge in [-0.05, 0) is 52.3 Å². The number of methoxy groups -OCH3 is 1. The Morgan fingerprint density at radius 3 is 2.57 bits per heavy atom. The van der Waals surface area contributed by atoms with E-state index in [1.54, 1.807) is 7.11 Å². The Labute approximate surface area is 143 Å². The molecular formula is C16H16BrCl2NO. The van der Waals surface area contributed by atoms with Gasteiger partial charge in [-0.15, -0.1) is 0 Å². The van der Waals surface area contributed by atoms with Crippen molar-refractivity contribution in [3.8, 4) is 5.75 Å². The highest BCUT2D eigenvalue weighted by atomic mass is 79.9. The summed E-state index contributed by atoms with van der Waals surface area (Å²) in [5.74, 6) is 0.769. The molecule has 0 amide bonds. The monoisotopic (exact) mass is 387 g/mol. The second kappa shape index (κ2) is 7.50. The van der Waals surface area contributed by atoms with Gasteiger partial charge in [0.1, 0.15) is 5.75 Å². The van der Waals surface area contributed by atoms with Crippen molar-refractivity contribution in [2.45, 2.75) is 13.0 Å². The molecule has 0 saturated heterocycles. The van der Waals surface area contributed by atoms with Gasteiger partial charge in [0, 0.05) is 15.6 Å². The molecule has 112 valence electrons. The average molecular weight is 389 g/mol. The molecule has 1 N–H and O–H groups in total. The molecule has 0 aliphatic carbocycles. The minimum Gasteiger partial charge on any atom is -0.495 e. The zero-order valence-electron chi connectivity index (χ0n) is 11.8. The largest absolute Gasteiger partial charge is 0.495 e. The number of ether oxygens (including phenoxy) is 1. The van der Waals surface area contributed by atoms with Gasteiger partial charge in [0.15, 0.2) is 0 Å². The molecule has 0 aliphatic rings. The fourth-order valence-corrected chi connectivity index (χ4v) is 3.50. The number of hydrogen-bond acceptors (Lipinski definition) is 2. The van der Waals surface area contributed by atoms with Crippen LogP contribution in [0.4, 0.5) is 0 Å². The van der Waals surface area contributed by atoms with Gasteiger partial charge in [-0.2, -0.15) is 0 Å². The molecule has 0 saturated carbocycles. The van der Waals surface area contributed by atoms with Gasteiger partial charge in [-0.3, -0.25) is 0 Å². The molecule has 0 radical (unpaired) electrons. The minimum absolute atomic E-state index is 0.0429. The van der Waals surface area contributed by atoms with Crippen LogP contribution in [0.5, 0.6) is 5.75 Å². The van der Waals surface area contributed by atoms with Gasteiger partial charge in [-0.25, -0.2) is 0 Å². The van der Waals surface area contributed by atoms with E-state index >= 15 is 0 Å². The van der Waals surface area contributed by atoms with Crippen LogP contribution in [0.25, 0.3) is 0 Å². The van der Waals surface area contributed by atoms with Crippen molar-refractivity contribution in [2.24, 2.45) is 0 Å². The van der Waals surface area contributed by atoms with Crippen molar-refractivity contribution in [2.75, 3.05) is 13.7 Å². The summed E-state index contributed by atoms with van der Waals surface area (Å²) in [4.78, 5) is 0. The van der Waals surface area contributed by atoms with Crippen molar-refractivity contribution in [3.05, 3.63) is 62.0 Å². The van der Waals surface area contributed by atoms with Gasteiger partial charge < -0.3 is 10.1 Å². The highest BCUT2D eigenvalue weighted by molar-refractivity contribution is 9.10. The average Bonchev–Trinajstić information content (AvgIpc) is 2.44. The Kier molecular flexibility index (Phi) is 5.94. The van der Waals surface area contributed by atoms with Gasteiger partial charge in [-0.1, -0.05) is 42.3 Å². The molecule has 2 aromatic carbocycles. The summed E-state index contributed by atoms with van der Waals surface area (Å²) in [6.45, 7) is 2.87. The van der Waals surface area contributed by atoms with Crippen LogP contribution in [0.15, 0.2) is 40.9 Å². The van der Waals surface area contributed by atoms with E-state index in [-0.39, 0.29) is 6.04 Å². The quantitative estimate of drug-likeness (QED) is 0.733. The summed E-state index contributed by atoms with van der Waals surface area (Å²) < 4.78 is 6.36. The van der Waals surface area contributed by atoms with E-state index in [9.17, 15) is 0 Å². The van der Waals surface area contributed by atoms with Crippen molar-refractivity contribution in [1.29, 1.82) is 0 Å². The van der Waals surface area contributed by atoms with Crippen molar-refractivity contribution in [3.63, 3.8) is 0 Å². The van der Waals surface area contributed by atoms with Gasteiger partial charge in [0.05, 0.1) is 17.6 Å². The van der Waals surface area contributed by atoms with Crippen LogP contribution in [-0.4, -0.2) is 13.7 Å². The van der Waals surface area contributed by atoms with Crippen LogP contribution in [0.2, 0.25) is 10.0 Å². The maximum absolute atomic E-state index is 6.20. The van der Waals surface area contributed by atoms with E-state index in [0.29, 0.717) is 10.0 Å². The zero-order chi connectivity index (χ0) is 15.4. The number of halogens is 3. The van der Waals surface area contributed by atoms with Crippen molar-refractivity contribution < 1.29 is 4.74 Å². The van der Waals surface area contributed by atoms with E-state index in [1.165, 1.54) is 0 Å². The Morgan fingerprint density at radius 1 is 1.19 bits per heavy atom. The molecule has 2 rings (SSSR count). The number of rotatable bonds is 5. The zero-order valence-corrected chi connectivity index (χ0v) is 14.9. The third kappa shape index (κ3) is 3.92. The summed E-state index contributed by atoms with van der Waals surface area (Å²) in [6.07, 6.45) is 0. The first kappa shape index (κ1) is 16.6. The Hall–Kier alpha value is -0.740. The molecule has 0 aromatic heterocycles. The molecule has 1 unspecified atom stereocenters. The maximum atomic E-state index is 6.20. The predicted octanol–water partition coefficient (Wildman–Crippen LogP) is 5.46. The molecule has 0 bridgehead atoms. The fraction of sp³-hybridized carbons (Fsp3) is 0.250. The molecule has 2 nitrogen and oxygen atoms in total. The molecule has 5 heteroatoms. The molecule has 21 heavy (non-hydrogen) atoms. The standard InChI is InChI=1S/C16H16BrCl2NO/c1-3-20-15(10-5-4-6-11(18)7-10)13-8-12(19)9-14(17)16(13)21-2/h4-9,15,20H,3H2,1-2H3. The highest BCUT2D eigenvalue weighted by Crippen LogP contribution is 2.38. The summed E-state index contributed by atoms with van der Waals surface area (Å²) in [5, 5.41) is 4.81. The van der Waals surface area contributed by atoms with E-state index in [0.717, 1.165) is 27.9 Å². The van der Waals surface area contributed by atoms with Gasteiger partial charge >= 0.3 is 0 Å². The highest BCUT2D eigenvalue weighted by Gasteiger charge is 2.20. The Balaban J connectivity index is 2.57. The first-order chi connectivity index (χ1) is 10.1. The van der Waals surface area contributed by atoms with Crippen LogP contribution in [0, 0.1) is 0 Å². The first-order valence-electron chi connectivity index (χ1n) is 6.58. The number of benzene rings is 2. The van der Waals surface area contributed by atoms with Gasteiger partial charge in [0.2, 0.25) is 0 Å². The SMILES string of the molecule is CCNC(c1cccc(Cl)c1)c1cc(Cl)cc(Br)c1OC. The van der Waals surface area contributed by atoms with Crippen LogP contribution < -0.4 is 10.1 Å². The predicted molar refractivity (Wildman–Crippen MR) is 92.7 cm³/mol. The van der Waals surface area contributed by atoms with Gasteiger partial charge in [0.25, 0.3) is 0 Å². The first-order valence-corrected chi connectivity index (χ1v) is 8.13. The normalized spacial score (nSPS) is 12.2. The fourth-order valence-electron chi connectivity index (χ4n) is 2.31. The van der Waals surface area contributed by atoms with Crippen molar-refractivity contribution >= 4 is 39.1 Å². The van der Waals surface area contributed by atoms with Crippen LogP contribution >= 0.6 is 39.1 Å². The molecule has 1 atom stereocenters. The second-order valence-corrected chi connectivity index (χ2v) is 6.28. The number of nitrogens with one attached hydrogen (secondary N) is 1. The lowest BCUT2D eigenvalue weighted by molar-refractivity contribution is 0.401. The third-order valence-electron chi connectivity index (χ3n) is 3.14. The molecule has 0 heterocycles. The molecule has 0 aliphatic heterocycles. The lowest BCUT2D eigenvalue weighted by atomic mass is 9.97. The van der Waals surface area contributed by atoms with Crippen molar-refractivity contribution in [1.82, 2.24) is 5.32 Å². The lowest BCUT2D eigenvalue weighted by Crippen LogP contribution is -2.22. The smallest absolute Gasteiger partial charge is 0.138 e. The molecule has 0 spiro atoms. The third-order valence-corrected chi connectivity index (χ3v) is 4.18. The van der Waals surface area contributed by atoms with E-state index in [2.05, 4.69) is 28.2 Å².